The van der Waals surface area contributed by atoms with Crippen LogP contribution in [0, 0.1) is 13.8 Å². The molecule has 0 spiro atoms. The van der Waals surface area contributed by atoms with Gasteiger partial charge in [0.05, 0.1) is 16.6 Å². The fourth-order valence-electron chi connectivity index (χ4n) is 3.96. The summed E-state index contributed by atoms with van der Waals surface area (Å²) in [7, 11) is 0. The van der Waals surface area contributed by atoms with Gasteiger partial charge in [0.1, 0.15) is 0 Å². The molecule has 2 aromatic carbocycles. The molecule has 1 saturated heterocycles. The Morgan fingerprint density at radius 2 is 1.94 bits per heavy atom. The Labute approximate surface area is 190 Å². The Bertz CT molecular complexity index is 1290. The van der Waals surface area contributed by atoms with E-state index in [2.05, 4.69) is 53.4 Å². The molecular weight excluding hydrogens is 420 g/mol. The van der Waals surface area contributed by atoms with Crippen molar-refractivity contribution < 1.29 is 9.32 Å². The van der Waals surface area contributed by atoms with Gasteiger partial charge in [-0.25, -0.2) is 4.98 Å². The second-order valence-corrected chi connectivity index (χ2v) is 9.13. The molecule has 1 aliphatic rings. The summed E-state index contributed by atoms with van der Waals surface area (Å²) in [4.78, 5) is 23.8. The SMILES string of the molecule is CCc1nc(-c2cccc(-c3noc(C4CC(=O)N(c5ccc(C)c(C)c5)C4)n3)c2)cs1. The van der Waals surface area contributed by atoms with Crippen LogP contribution in [0.5, 0.6) is 0 Å². The first-order valence-electron chi connectivity index (χ1n) is 10.8. The van der Waals surface area contributed by atoms with Gasteiger partial charge in [0.15, 0.2) is 0 Å². The van der Waals surface area contributed by atoms with Crippen LogP contribution in [0.3, 0.4) is 0 Å². The number of aromatic nitrogens is 3. The third-order valence-electron chi connectivity index (χ3n) is 5.99. The molecule has 4 aromatic rings. The molecule has 1 fully saturated rings. The standard InChI is InChI=1S/C25H24N4O2S/c1-4-22-26-21(14-32-22)17-6-5-7-18(11-17)24-27-25(31-28-24)19-12-23(30)29(13-19)20-9-8-15(2)16(3)10-20/h5-11,14,19H,4,12-13H2,1-3H3. The minimum Gasteiger partial charge on any atom is -0.339 e. The highest BCUT2D eigenvalue weighted by Gasteiger charge is 2.35. The first-order chi connectivity index (χ1) is 15.5. The fourth-order valence-corrected chi connectivity index (χ4v) is 4.71. The molecule has 1 aliphatic heterocycles. The highest BCUT2D eigenvalue weighted by Crippen LogP contribution is 2.33. The van der Waals surface area contributed by atoms with Crippen LogP contribution in [-0.4, -0.2) is 27.6 Å². The number of aryl methyl sites for hydroxylation is 3. The first kappa shape index (κ1) is 20.6. The Morgan fingerprint density at radius 1 is 1.09 bits per heavy atom. The van der Waals surface area contributed by atoms with Crippen LogP contribution in [-0.2, 0) is 11.2 Å². The maximum absolute atomic E-state index is 12.7. The van der Waals surface area contributed by atoms with E-state index < -0.39 is 0 Å². The minimum absolute atomic E-state index is 0.0789. The van der Waals surface area contributed by atoms with E-state index in [4.69, 9.17) is 4.52 Å². The Morgan fingerprint density at radius 3 is 2.72 bits per heavy atom. The molecule has 1 amide bonds. The van der Waals surface area contributed by atoms with Gasteiger partial charge in [-0.15, -0.1) is 11.3 Å². The van der Waals surface area contributed by atoms with E-state index in [9.17, 15) is 4.79 Å². The van der Waals surface area contributed by atoms with Gasteiger partial charge in [-0.3, -0.25) is 4.79 Å². The topological polar surface area (TPSA) is 72.1 Å². The maximum Gasteiger partial charge on any atom is 0.232 e. The van der Waals surface area contributed by atoms with E-state index in [1.54, 1.807) is 11.3 Å². The highest BCUT2D eigenvalue weighted by atomic mass is 32.1. The molecule has 3 heterocycles. The second-order valence-electron chi connectivity index (χ2n) is 8.19. The lowest BCUT2D eigenvalue weighted by atomic mass is 10.1. The van der Waals surface area contributed by atoms with Gasteiger partial charge in [0.2, 0.25) is 17.6 Å². The van der Waals surface area contributed by atoms with Crippen LogP contribution in [0.25, 0.3) is 22.6 Å². The summed E-state index contributed by atoms with van der Waals surface area (Å²) in [5, 5.41) is 7.39. The number of hydrogen-bond donors (Lipinski definition) is 0. The number of carbonyl (C=O) groups is 1. The molecule has 6 nitrogen and oxygen atoms in total. The van der Waals surface area contributed by atoms with Crippen LogP contribution in [0.4, 0.5) is 5.69 Å². The van der Waals surface area contributed by atoms with E-state index in [1.165, 1.54) is 11.1 Å². The van der Waals surface area contributed by atoms with E-state index in [1.807, 2.05) is 35.2 Å². The summed E-state index contributed by atoms with van der Waals surface area (Å²) >= 11 is 1.67. The van der Waals surface area contributed by atoms with Crippen molar-refractivity contribution >= 4 is 22.9 Å². The summed E-state index contributed by atoms with van der Waals surface area (Å²) in [6.07, 6.45) is 1.30. The first-order valence-corrected chi connectivity index (χ1v) is 11.7. The molecule has 7 heteroatoms. The van der Waals surface area contributed by atoms with Gasteiger partial charge >= 0.3 is 0 Å². The van der Waals surface area contributed by atoms with Gasteiger partial charge in [-0.2, -0.15) is 4.98 Å². The Hall–Kier alpha value is -3.32. The molecule has 1 unspecified atom stereocenters. The van der Waals surface area contributed by atoms with Crippen LogP contribution < -0.4 is 4.90 Å². The predicted molar refractivity (Wildman–Crippen MR) is 126 cm³/mol. The monoisotopic (exact) mass is 444 g/mol. The van der Waals surface area contributed by atoms with Gasteiger partial charge < -0.3 is 9.42 Å². The summed E-state index contributed by atoms with van der Waals surface area (Å²) in [5.74, 6) is 1.01. The third kappa shape index (κ3) is 3.84. The zero-order chi connectivity index (χ0) is 22.2. The molecule has 1 atom stereocenters. The molecule has 32 heavy (non-hydrogen) atoms. The largest absolute Gasteiger partial charge is 0.339 e. The second kappa shape index (κ2) is 8.31. The van der Waals surface area contributed by atoms with Gasteiger partial charge in [0.25, 0.3) is 0 Å². The molecule has 0 aliphatic carbocycles. The van der Waals surface area contributed by atoms with Crippen LogP contribution in [0.15, 0.2) is 52.4 Å². The lowest BCUT2D eigenvalue weighted by Crippen LogP contribution is -2.24. The zero-order valence-electron chi connectivity index (χ0n) is 18.3. The van der Waals surface area contributed by atoms with Crippen LogP contribution in [0.2, 0.25) is 0 Å². The molecule has 0 radical (unpaired) electrons. The molecule has 0 bridgehead atoms. The number of benzene rings is 2. The van der Waals surface area contributed by atoms with Gasteiger partial charge in [0, 0.05) is 35.2 Å². The average Bonchev–Trinajstić information content (AvgIpc) is 3.55. The lowest BCUT2D eigenvalue weighted by molar-refractivity contribution is -0.117. The van der Waals surface area contributed by atoms with Crippen LogP contribution in [0.1, 0.15) is 41.3 Å². The molecule has 2 aromatic heterocycles. The molecule has 5 rings (SSSR count). The van der Waals surface area contributed by atoms with Crippen molar-refractivity contribution in [2.75, 3.05) is 11.4 Å². The lowest BCUT2D eigenvalue weighted by Gasteiger charge is -2.17. The number of hydrogen-bond acceptors (Lipinski definition) is 6. The number of anilines is 1. The summed E-state index contributed by atoms with van der Waals surface area (Å²) in [6, 6.07) is 14.1. The van der Waals surface area contributed by atoms with Gasteiger partial charge in [-0.1, -0.05) is 36.3 Å². The molecular formula is C25H24N4O2S. The number of nitrogens with zero attached hydrogens (tertiary/aromatic N) is 4. The van der Waals surface area contributed by atoms with Gasteiger partial charge in [-0.05, 0) is 49.6 Å². The normalized spacial score (nSPS) is 16.2. The van der Waals surface area contributed by atoms with E-state index in [0.717, 1.165) is 33.9 Å². The van der Waals surface area contributed by atoms with E-state index in [0.29, 0.717) is 24.7 Å². The summed E-state index contributed by atoms with van der Waals surface area (Å²) in [5.41, 5.74) is 6.17. The Balaban J connectivity index is 1.37. The third-order valence-corrected chi connectivity index (χ3v) is 6.98. The fraction of sp³-hybridized carbons (Fsp3) is 0.280. The highest BCUT2D eigenvalue weighted by molar-refractivity contribution is 7.09. The molecule has 162 valence electrons. The van der Waals surface area contributed by atoms with E-state index >= 15 is 0 Å². The van der Waals surface area contributed by atoms with Crippen molar-refractivity contribution in [3.8, 4) is 22.6 Å². The van der Waals surface area contributed by atoms with Crippen molar-refractivity contribution in [3.05, 3.63) is 69.9 Å². The van der Waals surface area contributed by atoms with Crippen molar-refractivity contribution in [3.63, 3.8) is 0 Å². The van der Waals surface area contributed by atoms with E-state index in [-0.39, 0.29) is 11.8 Å². The van der Waals surface area contributed by atoms with Crippen molar-refractivity contribution in [2.24, 2.45) is 0 Å². The molecule has 0 saturated carbocycles. The van der Waals surface area contributed by atoms with Crippen molar-refractivity contribution in [2.45, 2.75) is 39.5 Å². The number of rotatable bonds is 5. The number of carbonyl (C=O) groups excluding carboxylic acids is 1. The smallest absolute Gasteiger partial charge is 0.232 e. The quantitative estimate of drug-likeness (QED) is 0.403. The average molecular weight is 445 g/mol. The molecule has 0 N–H and O–H groups in total. The maximum atomic E-state index is 12.7. The number of thiazole rings is 1. The zero-order valence-corrected chi connectivity index (χ0v) is 19.1. The predicted octanol–water partition coefficient (Wildman–Crippen LogP) is 5.56. The minimum atomic E-state index is -0.112. The van der Waals surface area contributed by atoms with Crippen molar-refractivity contribution in [1.82, 2.24) is 15.1 Å². The summed E-state index contributed by atoms with van der Waals surface area (Å²) < 4.78 is 5.59. The van der Waals surface area contributed by atoms with Crippen LogP contribution >= 0.6 is 11.3 Å². The Kier molecular flexibility index (Phi) is 5.35. The van der Waals surface area contributed by atoms with Crippen molar-refractivity contribution in [1.29, 1.82) is 0 Å². The summed E-state index contributed by atoms with van der Waals surface area (Å²) in [6.45, 7) is 6.78. The number of amides is 1.